The van der Waals surface area contributed by atoms with Crippen molar-refractivity contribution >= 4 is 44.9 Å². The number of aliphatic imine (C=N–C) groups is 1. The fraction of sp³-hybridized carbons (Fsp3) is 0.357. The summed E-state index contributed by atoms with van der Waals surface area (Å²) in [6.07, 6.45) is 12.2. The van der Waals surface area contributed by atoms with E-state index in [9.17, 15) is 9.90 Å². The van der Waals surface area contributed by atoms with Gasteiger partial charge in [-0.3, -0.25) is 9.79 Å². The van der Waals surface area contributed by atoms with Gasteiger partial charge in [-0.2, -0.15) is 0 Å². The summed E-state index contributed by atoms with van der Waals surface area (Å²) in [7, 11) is 0. The first kappa shape index (κ1) is 20.4. The van der Waals surface area contributed by atoms with E-state index in [1.165, 1.54) is 16.4 Å². The molecule has 5 nitrogen and oxygen atoms in total. The first-order chi connectivity index (χ1) is 16.0. The molecule has 6 rings (SSSR count). The maximum Gasteiger partial charge on any atom is 0.159 e. The monoisotopic (exact) mass is 440 g/mol. The topological polar surface area (TPSA) is 74.7 Å². The van der Waals surface area contributed by atoms with Gasteiger partial charge in [0, 0.05) is 69.4 Å². The van der Waals surface area contributed by atoms with Gasteiger partial charge < -0.3 is 14.8 Å². The summed E-state index contributed by atoms with van der Waals surface area (Å²) in [5.41, 5.74) is 8.64. The van der Waals surface area contributed by atoms with Crippen molar-refractivity contribution in [3.8, 4) is 0 Å². The lowest BCUT2D eigenvalue weighted by Gasteiger charge is -2.19. The molecular weight excluding hydrogens is 412 g/mol. The summed E-state index contributed by atoms with van der Waals surface area (Å²) in [6.45, 7) is 6.26. The predicted molar refractivity (Wildman–Crippen MR) is 132 cm³/mol. The SMILES string of the molecule is CC1=C2C(=Nc3c2c2c[nH]cc2c2c3=C(OC(C)C)C3=CC=C(CCCO)CC=23)CCC1=O. The Kier molecular flexibility index (Phi) is 4.59. The van der Waals surface area contributed by atoms with Crippen LogP contribution in [0, 0.1) is 0 Å². The number of H-pyrrole nitrogens is 1. The lowest BCUT2D eigenvalue weighted by molar-refractivity contribution is -0.115. The third-order valence-electron chi connectivity index (χ3n) is 7.17. The van der Waals surface area contributed by atoms with Crippen molar-refractivity contribution in [2.24, 2.45) is 4.99 Å². The molecule has 0 saturated carbocycles. The second kappa shape index (κ2) is 7.42. The van der Waals surface area contributed by atoms with Crippen LogP contribution in [-0.2, 0) is 9.53 Å². The van der Waals surface area contributed by atoms with E-state index in [-0.39, 0.29) is 18.5 Å². The van der Waals surface area contributed by atoms with Crippen LogP contribution in [-0.4, -0.2) is 34.3 Å². The number of aromatic nitrogens is 1. The number of fused-ring (bicyclic) bond motifs is 9. The largest absolute Gasteiger partial charge is 0.490 e. The van der Waals surface area contributed by atoms with Crippen molar-refractivity contribution < 1.29 is 14.6 Å². The van der Waals surface area contributed by atoms with E-state index in [0.717, 1.165) is 74.7 Å². The molecule has 3 aliphatic carbocycles. The molecule has 1 aliphatic heterocycles. The van der Waals surface area contributed by atoms with Crippen molar-refractivity contribution in [1.82, 2.24) is 4.98 Å². The number of hydrogen-bond donors (Lipinski definition) is 2. The van der Waals surface area contributed by atoms with Gasteiger partial charge in [-0.1, -0.05) is 17.7 Å². The molecule has 2 N–H and O–H groups in total. The molecule has 33 heavy (non-hydrogen) atoms. The van der Waals surface area contributed by atoms with Crippen LogP contribution in [0.2, 0.25) is 0 Å². The Balaban J connectivity index is 1.73. The lowest BCUT2D eigenvalue weighted by Crippen LogP contribution is -2.27. The third kappa shape index (κ3) is 2.88. The number of ketones is 1. The number of ether oxygens (including phenoxy) is 1. The molecule has 0 atom stereocenters. The van der Waals surface area contributed by atoms with Gasteiger partial charge >= 0.3 is 0 Å². The molecule has 0 radical (unpaired) electrons. The molecule has 2 heterocycles. The van der Waals surface area contributed by atoms with Crippen LogP contribution < -0.4 is 10.4 Å². The predicted octanol–water partition coefficient (Wildman–Crippen LogP) is 4.12. The number of rotatable bonds is 5. The maximum atomic E-state index is 12.6. The fourth-order valence-corrected chi connectivity index (χ4v) is 5.75. The summed E-state index contributed by atoms with van der Waals surface area (Å²) in [6, 6.07) is 0. The van der Waals surface area contributed by atoms with Crippen LogP contribution in [0.3, 0.4) is 0 Å². The average molecular weight is 441 g/mol. The molecule has 0 saturated heterocycles. The number of aliphatic hydroxyl groups excluding tert-OH is 1. The summed E-state index contributed by atoms with van der Waals surface area (Å²) in [5.74, 6) is 1.12. The van der Waals surface area contributed by atoms with Crippen LogP contribution in [0.1, 0.15) is 58.4 Å². The molecule has 0 unspecified atom stereocenters. The van der Waals surface area contributed by atoms with E-state index >= 15 is 0 Å². The van der Waals surface area contributed by atoms with E-state index < -0.39 is 0 Å². The number of aliphatic hydroxyl groups is 1. The summed E-state index contributed by atoms with van der Waals surface area (Å²) in [5, 5.41) is 13.9. The molecular formula is C28H28N2O3. The molecule has 1 aromatic carbocycles. The third-order valence-corrected chi connectivity index (χ3v) is 7.17. The molecule has 1 aromatic heterocycles. The number of nitrogens with one attached hydrogen (secondary N) is 1. The van der Waals surface area contributed by atoms with Crippen LogP contribution in [0.15, 0.2) is 46.3 Å². The quantitative estimate of drug-likeness (QED) is 0.735. The Labute approximate surface area is 192 Å². The van der Waals surface area contributed by atoms with Gasteiger partial charge in [0.05, 0.1) is 17.0 Å². The van der Waals surface area contributed by atoms with Gasteiger partial charge in [-0.05, 0) is 52.0 Å². The maximum absolute atomic E-state index is 12.6. The molecule has 5 heteroatoms. The second-order valence-corrected chi connectivity index (χ2v) is 9.62. The number of benzene rings is 1. The minimum atomic E-state index is 0.0318. The highest BCUT2D eigenvalue weighted by molar-refractivity contribution is 6.38. The van der Waals surface area contributed by atoms with Crippen LogP contribution in [0.5, 0.6) is 0 Å². The standard InChI is InChI=1S/C28H28N2O3/c1-14(2)33-28-17-7-6-16(5-4-10-31)11-18(17)24-19-12-29-13-20(19)25-23-15(3)22(32)9-8-21(23)30-27(25)26(24)28/h6-7,12-14,29,31H,4-5,8-11H2,1-3H3. The van der Waals surface area contributed by atoms with Crippen LogP contribution in [0.25, 0.3) is 27.7 Å². The highest BCUT2D eigenvalue weighted by Gasteiger charge is 2.36. The minimum absolute atomic E-state index is 0.0318. The Morgan fingerprint density at radius 1 is 1.15 bits per heavy atom. The summed E-state index contributed by atoms with van der Waals surface area (Å²) < 4.78 is 6.47. The fourth-order valence-electron chi connectivity index (χ4n) is 5.75. The average Bonchev–Trinajstić information content (AvgIpc) is 3.48. The molecule has 0 bridgehead atoms. The number of allylic oxidation sites excluding steroid dienone is 5. The van der Waals surface area contributed by atoms with E-state index in [1.54, 1.807) is 0 Å². The zero-order chi connectivity index (χ0) is 22.9. The minimum Gasteiger partial charge on any atom is -0.490 e. The second-order valence-electron chi connectivity index (χ2n) is 9.62. The van der Waals surface area contributed by atoms with Gasteiger partial charge in [-0.15, -0.1) is 0 Å². The summed E-state index contributed by atoms with van der Waals surface area (Å²) in [4.78, 5) is 21.1. The van der Waals surface area contributed by atoms with Crippen LogP contribution >= 0.6 is 0 Å². The smallest absolute Gasteiger partial charge is 0.159 e. The lowest BCUT2D eigenvalue weighted by atomic mass is 9.85. The first-order valence-electron chi connectivity index (χ1n) is 11.9. The molecule has 2 aromatic rings. The van der Waals surface area contributed by atoms with Gasteiger partial charge in [-0.25, -0.2) is 0 Å². The number of hydrogen-bond acceptors (Lipinski definition) is 4. The molecule has 4 aliphatic rings. The number of aromatic amines is 1. The highest BCUT2D eigenvalue weighted by Crippen LogP contribution is 2.44. The Bertz CT molecular complexity index is 1490. The number of nitrogens with zero attached hydrogens (tertiary/aromatic N) is 1. The molecule has 168 valence electrons. The number of Topliss-reactive ketones (excluding diaryl/α,β-unsaturated/α-hetero) is 1. The van der Waals surface area contributed by atoms with Gasteiger partial charge in [0.25, 0.3) is 0 Å². The van der Waals surface area contributed by atoms with Crippen molar-refractivity contribution in [1.29, 1.82) is 0 Å². The van der Waals surface area contributed by atoms with Gasteiger partial charge in [0.2, 0.25) is 0 Å². The van der Waals surface area contributed by atoms with E-state index in [2.05, 4.69) is 37.2 Å². The van der Waals surface area contributed by atoms with Crippen molar-refractivity contribution in [2.45, 2.75) is 59.0 Å². The van der Waals surface area contributed by atoms with E-state index in [4.69, 9.17) is 9.73 Å². The first-order valence-corrected chi connectivity index (χ1v) is 11.9. The molecule has 0 fully saturated rings. The Hall–Kier alpha value is -3.18. The van der Waals surface area contributed by atoms with E-state index in [0.29, 0.717) is 12.8 Å². The van der Waals surface area contributed by atoms with Crippen molar-refractivity contribution in [3.63, 3.8) is 0 Å². The normalized spacial score (nSPS) is 18.9. The molecule has 0 amide bonds. The zero-order valence-corrected chi connectivity index (χ0v) is 19.3. The van der Waals surface area contributed by atoms with Gasteiger partial charge in [0.1, 0.15) is 5.76 Å². The van der Waals surface area contributed by atoms with E-state index in [1.807, 2.05) is 13.1 Å². The van der Waals surface area contributed by atoms with Crippen LogP contribution in [0.4, 0.5) is 5.69 Å². The Morgan fingerprint density at radius 3 is 2.76 bits per heavy atom. The Morgan fingerprint density at radius 2 is 1.97 bits per heavy atom. The van der Waals surface area contributed by atoms with Gasteiger partial charge in [0.15, 0.2) is 5.78 Å². The van der Waals surface area contributed by atoms with Crippen molar-refractivity contribution in [2.75, 3.05) is 6.61 Å². The number of carbonyl (C=O) groups excluding carboxylic acids is 1. The number of carbonyl (C=O) groups is 1. The highest BCUT2D eigenvalue weighted by atomic mass is 16.5. The molecule has 0 spiro atoms. The summed E-state index contributed by atoms with van der Waals surface area (Å²) >= 11 is 0. The zero-order valence-electron chi connectivity index (χ0n) is 19.3. The van der Waals surface area contributed by atoms with Crippen molar-refractivity contribution in [3.05, 3.63) is 57.3 Å².